The molecule has 2 heterocycles. The molecule has 3 aromatic rings. The molecule has 0 radical (unpaired) electrons. The largest absolute Gasteiger partial charge is 0.467 e. The second-order valence-electron chi connectivity index (χ2n) is 7.14. The van der Waals surface area contributed by atoms with E-state index in [-0.39, 0.29) is 23.1 Å². The van der Waals surface area contributed by atoms with Gasteiger partial charge in [-0.3, -0.25) is 14.5 Å². The molecule has 0 spiro atoms. The summed E-state index contributed by atoms with van der Waals surface area (Å²) in [5.41, 5.74) is 0.997. The van der Waals surface area contributed by atoms with Gasteiger partial charge in [0.2, 0.25) is 5.91 Å². The summed E-state index contributed by atoms with van der Waals surface area (Å²) in [7, 11) is 0. The molecule has 9 heteroatoms. The first-order valence-electron chi connectivity index (χ1n) is 9.92. The first kappa shape index (κ1) is 22.6. The first-order chi connectivity index (χ1) is 16.0. The van der Waals surface area contributed by atoms with Crippen molar-refractivity contribution < 1.29 is 18.4 Å². The Bertz CT molecular complexity index is 1250. The average molecular weight is 482 g/mol. The van der Waals surface area contributed by atoms with Crippen LogP contribution >= 0.6 is 23.4 Å². The highest BCUT2D eigenvalue weighted by Gasteiger charge is 2.40. The fraction of sp³-hybridized carbons (Fsp3) is 0.125. The maximum Gasteiger partial charge on any atom is 0.265 e. The molecule has 33 heavy (non-hydrogen) atoms. The van der Waals surface area contributed by atoms with Crippen molar-refractivity contribution in [1.82, 2.24) is 5.32 Å². The van der Waals surface area contributed by atoms with E-state index in [0.717, 1.165) is 17.3 Å². The smallest absolute Gasteiger partial charge is 0.265 e. The third-order valence-corrected chi connectivity index (χ3v) is 6.40. The fourth-order valence-electron chi connectivity index (χ4n) is 3.36. The number of nitriles is 1. The van der Waals surface area contributed by atoms with Gasteiger partial charge in [-0.05, 0) is 60.5 Å². The summed E-state index contributed by atoms with van der Waals surface area (Å²) in [5, 5.41) is 12.6. The van der Waals surface area contributed by atoms with Crippen LogP contribution in [0.15, 0.2) is 81.9 Å². The molecule has 4 rings (SSSR count). The number of furan rings is 1. The number of rotatable bonds is 6. The number of thioether (sulfide) groups is 1. The van der Waals surface area contributed by atoms with Gasteiger partial charge < -0.3 is 9.73 Å². The van der Waals surface area contributed by atoms with Crippen LogP contribution in [0.3, 0.4) is 0 Å². The molecule has 1 fully saturated rings. The predicted octanol–water partition coefficient (Wildman–Crippen LogP) is 4.81. The van der Waals surface area contributed by atoms with Crippen LogP contribution in [0.5, 0.6) is 0 Å². The zero-order valence-corrected chi connectivity index (χ0v) is 18.7. The molecule has 1 saturated heterocycles. The third kappa shape index (κ3) is 5.11. The van der Waals surface area contributed by atoms with Crippen molar-refractivity contribution in [3.05, 3.63) is 99.7 Å². The number of nitrogens with zero attached hydrogens (tertiary/aromatic N) is 2. The second kappa shape index (κ2) is 9.94. The number of hydrogen-bond acceptors (Lipinski definition) is 5. The van der Waals surface area contributed by atoms with Crippen molar-refractivity contribution in [3.8, 4) is 6.07 Å². The summed E-state index contributed by atoms with van der Waals surface area (Å²) in [4.78, 5) is 27.5. The van der Waals surface area contributed by atoms with E-state index in [1.165, 1.54) is 35.4 Å². The normalized spacial score (nSPS) is 17.1. The van der Waals surface area contributed by atoms with Gasteiger partial charge in [0, 0.05) is 10.7 Å². The minimum Gasteiger partial charge on any atom is -0.467 e. The molecule has 1 aliphatic rings. The van der Waals surface area contributed by atoms with Crippen LogP contribution in [-0.4, -0.2) is 17.1 Å². The predicted molar refractivity (Wildman–Crippen MR) is 124 cm³/mol. The van der Waals surface area contributed by atoms with E-state index in [1.807, 2.05) is 12.1 Å². The Morgan fingerprint density at radius 2 is 2.00 bits per heavy atom. The van der Waals surface area contributed by atoms with E-state index in [2.05, 4.69) is 5.32 Å². The van der Waals surface area contributed by atoms with Gasteiger partial charge in [0.25, 0.3) is 5.91 Å². The quantitative estimate of drug-likeness (QED) is 0.403. The summed E-state index contributed by atoms with van der Waals surface area (Å²) >= 11 is 7.20. The summed E-state index contributed by atoms with van der Waals surface area (Å²) in [6.45, 7) is 0.0887. The number of halogens is 2. The minimum absolute atomic E-state index is 0.0887. The van der Waals surface area contributed by atoms with Gasteiger partial charge in [-0.2, -0.15) is 5.26 Å². The number of amides is 2. The van der Waals surface area contributed by atoms with Crippen molar-refractivity contribution >= 4 is 40.9 Å². The van der Waals surface area contributed by atoms with E-state index in [0.29, 0.717) is 22.9 Å². The van der Waals surface area contributed by atoms with Gasteiger partial charge in [0.1, 0.15) is 28.2 Å². The summed E-state index contributed by atoms with van der Waals surface area (Å²) in [6.07, 6.45) is 1.82. The zero-order valence-electron chi connectivity index (χ0n) is 17.1. The lowest BCUT2D eigenvalue weighted by molar-refractivity contribution is -0.117. The van der Waals surface area contributed by atoms with E-state index in [9.17, 15) is 19.2 Å². The lowest BCUT2D eigenvalue weighted by Gasteiger charge is -2.18. The van der Waals surface area contributed by atoms with Gasteiger partial charge in [-0.1, -0.05) is 35.5 Å². The molecule has 1 atom stereocenters. The van der Waals surface area contributed by atoms with Crippen molar-refractivity contribution in [3.63, 3.8) is 0 Å². The number of hydrogen-bond donors (Lipinski definition) is 1. The van der Waals surface area contributed by atoms with Gasteiger partial charge in [-0.25, -0.2) is 4.39 Å². The van der Waals surface area contributed by atoms with E-state index < -0.39 is 17.0 Å². The van der Waals surface area contributed by atoms with Crippen LogP contribution in [-0.2, 0) is 22.6 Å². The Morgan fingerprint density at radius 3 is 2.67 bits per heavy atom. The molecule has 6 nitrogen and oxygen atoms in total. The fourth-order valence-corrected chi connectivity index (χ4v) is 4.88. The Labute approximate surface area is 198 Å². The van der Waals surface area contributed by atoms with Gasteiger partial charge in [0.15, 0.2) is 0 Å². The highest BCUT2D eigenvalue weighted by molar-refractivity contribution is 8.05. The molecular weight excluding hydrogens is 465 g/mol. The Kier molecular flexibility index (Phi) is 6.82. The second-order valence-corrected chi connectivity index (χ2v) is 8.77. The van der Waals surface area contributed by atoms with Gasteiger partial charge in [0.05, 0.1) is 18.1 Å². The zero-order chi connectivity index (χ0) is 23.4. The number of benzene rings is 2. The van der Waals surface area contributed by atoms with Gasteiger partial charge in [-0.15, -0.1) is 0 Å². The Balaban J connectivity index is 1.68. The standard InChI is InChI=1S/C24H17ClFN3O3S/c25-16-4-1-3-15(11-16)12-21-23(31)29(18-8-6-17(26)7-9-18)24(33-21)20(13-27)22(30)28-14-19-5-2-10-32-19/h1-11,21H,12,14H2,(H,28,30)/b24-20-/t21-/m1/s1. The number of anilines is 1. The van der Waals surface area contributed by atoms with Crippen molar-refractivity contribution in [1.29, 1.82) is 5.26 Å². The van der Waals surface area contributed by atoms with E-state index in [4.69, 9.17) is 16.0 Å². The highest BCUT2D eigenvalue weighted by Crippen LogP contribution is 2.42. The minimum atomic E-state index is -0.639. The molecule has 2 amide bonds. The van der Waals surface area contributed by atoms with E-state index in [1.54, 1.807) is 30.3 Å². The van der Waals surface area contributed by atoms with E-state index >= 15 is 0 Å². The molecule has 0 bridgehead atoms. The monoisotopic (exact) mass is 481 g/mol. The Morgan fingerprint density at radius 1 is 1.21 bits per heavy atom. The molecule has 0 saturated carbocycles. The summed E-state index contributed by atoms with van der Waals surface area (Å²) in [5.74, 6) is -0.890. The van der Waals surface area contributed by atoms with Crippen LogP contribution in [0.4, 0.5) is 10.1 Å². The number of nitrogens with one attached hydrogen (secondary N) is 1. The molecule has 1 N–H and O–H groups in total. The SMILES string of the molecule is N#C/C(C(=O)NCc1ccco1)=C1/S[C@H](Cc2cccc(Cl)c2)C(=O)N1c1ccc(F)cc1. The van der Waals surface area contributed by atoms with Gasteiger partial charge >= 0.3 is 0 Å². The maximum atomic E-state index is 13.5. The summed E-state index contributed by atoms with van der Waals surface area (Å²) in [6, 6.07) is 17.8. The third-order valence-electron chi connectivity index (χ3n) is 4.90. The van der Waals surface area contributed by atoms with Crippen LogP contribution < -0.4 is 10.2 Å². The van der Waals surface area contributed by atoms with Crippen LogP contribution in [0.25, 0.3) is 0 Å². The number of carbonyl (C=O) groups excluding carboxylic acids is 2. The maximum absolute atomic E-state index is 13.5. The molecule has 1 aliphatic heterocycles. The molecule has 1 aromatic heterocycles. The number of carbonyl (C=O) groups is 2. The average Bonchev–Trinajstić information content (AvgIpc) is 3.42. The van der Waals surface area contributed by atoms with Crippen molar-refractivity contribution in [2.24, 2.45) is 0 Å². The Hall–Kier alpha value is -3.54. The lowest BCUT2D eigenvalue weighted by atomic mass is 10.1. The van der Waals surface area contributed by atoms with Crippen LogP contribution in [0.1, 0.15) is 11.3 Å². The lowest BCUT2D eigenvalue weighted by Crippen LogP contribution is -2.32. The van der Waals surface area contributed by atoms with Crippen molar-refractivity contribution in [2.45, 2.75) is 18.2 Å². The van der Waals surface area contributed by atoms with Crippen molar-refractivity contribution in [2.75, 3.05) is 4.90 Å². The molecule has 166 valence electrons. The first-order valence-corrected chi connectivity index (χ1v) is 11.2. The van der Waals surface area contributed by atoms with Crippen LogP contribution in [0, 0.1) is 17.1 Å². The summed E-state index contributed by atoms with van der Waals surface area (Å²) < 4.78 is 18.7. The molecule has 0 unspecified atom stereocenters. The molecule has 2 aromatic carbocycles. The topological polar surface area (TPSA) is 86.3 Å². The highest BCUT2D eigenvalue weighted by atomic mass is 35.5. The molecular formula is C24H17ClFN3O3S. The van der Waals surface area contributed by atoms with Crippen LogP contribution in [0.2, 0.25) is 5.02 Å². The molecule has 0 aliphatic carbocycles.